The van der Waals surface area contributed by atoms with Gasteiger partial charge in [0.2, 0.25) is 0 Å². The van der Waals surface area contributed by atoms with E-state index in [-0.39, 0.29) is 0 Å². The van der Waals surface area contributed by atoms with Gasteiger partial charge < -0.3 is 10.1 Å². The van der Waals surface area contributed by atoms with Crippen LogP contribution in [0.3, 0.4) is 0 Å². The molecule has 1 N–H and O–H groups in total. The van der Waals surface area contributed by atoms with E-state index in [0.29, 0.717) is 17.3 Å². The summed E-state index contributed by atoms with van der Waals surface area (Å²) in [6.45, 7) is 2.02. The van der Waals surface area contributed by atoms with Gasteiger partial charge in [0.05, 0.1) is 11.8 Å². The molecule has 1 fully saturated rings. The maximum Gasteiger partial charge on any atom is 0.152 e. The number of aromatic nitrogens is 1. The lowest BCUT2D eigenvalue weighted by atomic mass is 9.92. The minimum Gasteiger partial charge on any atom is -0.381 e. The van der Waals surface area contributed by atoms with Gasteiger partial charge in [0.25, 0.3) is 0 Å². The molecular weight excluding hydrogens is 236 g/mol. The maximum atomic E-state index is 6.08. The van der Waals surface area contributed by atoms with Crippen molar-refractivity contribution in [3.63, 3.8) is 0 Å². The Balaban J connectivity index is 2.02. The molecule has 1 aliphatic rings. The van der Waals surface area contributed by atoms with E-state index in [4.69, 9.17) is 16.3 Å². The minimum atomic E-state index is 0.373. The number of hydrogen-bond acceptors (Lipinski definition) is 3. The molecule has 0 aliphatic heterocycles. The van der Waals surface area contributed by atoms with Gasteiger partial charge in [-0.1, -0.05) is 11.6 Å². The topological polar surface area (TPSA) is 34.1 Å². The Morgan fingerprint density at radius 3 is 3.06 bits per heavy atom. The van der Waals surface area contributed by atoms with Crippen molar-refractivity contribution >= 4 is 17.3 Å². The third-order valence-corrected chi connectivity index (χ3v) is 3.60. The molecule has 0 spiro atoms. The molecule has 4 heteroatoms. The van der Waals surface area contributed by atoms with E-state index in [1.807, 2.05) is 13.0 Å². The van der Waals surface area contributed by atoms with Crippen molar-refractivity contribution in [3.05, 3.63) is 23.0 Å². The highest BCUT2D eigenvalue weighted by Crippen LogP contribution is 2.27. The van der Waals surface area contributed by atoms with Crippen LogP contribution in [0.1, 0.15) is 31.2 Å². The SMILES string of the molecule is COC1CCCC(Nc2cc(C)cnc2Cl)C1. The predicted molar refractivity (Wildman–Crippen MR) is 70.7 cm³/mol. The minimum absolute atomic E-state index is 0.373. The van der Waals surface area contributed by atoms with Crippen molar-refractivity contribution in [1.29, 1.82) is 0 Å². The number of nitrogens with one attached hydrogen (secondary N) is 1. The molecule has 0 aromatic carbocycles. The molecule has 0 amide bonds. The molecule has 17 heavy (non-hydrogen) atoms. The second kappa shape index (κ2) is 5.69. The number of rotatable bonds is 3. The number of pyridine rings is 1. The van der Waals surface area contributed by atoms with Crippen LogP contribution in [-0.2, 0) is 4.74 Å². The Hall–Kier alpha value is -0.800. The molecule has 1 heterocycles. The van der Waals surface area contributed by atoms with Crippen molar-refractivity contribution in [2.45, 2.75) is 44.8 Å². The fraction of sp³-hybridized carbons (Fsp3) is 0.615. The quantitative estimate of drug-likeness (QED) is 0.840. The molecule has 1 aromatic heterocycles. The van der Waals surface area contributed by atoms with E-state index >= 15 is 0 Å². The molecule has 1 aromatic rings. The van der Waals surface area contributed by atoms with Gasteiger partial charge in [0.1, 0.15) is 0 Å². The molecule has 2 rings (SSSR count). The first-order valence-corrected chi connectivity index (χ1v) is 6.48. The fourth-order valence-corrected chi connectivity index (χ4v) is 2.52. The van der Waals surface area contributed by atoms with E-state index < -0.39 is 0 Å². The zero-order valence-electron chi connectivity index (χ0n) is 10.4. The van der Waals surface area contributed by atoms with Crippen LogP contribution in [0.4, 0.5) is 5.69 Å². The standard InChI is InChI=1S/C13H19ClN2O/c1-9-6-12(13(14)15-8-9)16-10-4-3-5-11(7-10)17-2/h6,8,10-11,16H,3-5,7H2,1-2H3. The molecular formula is C13H19ClN2O. The Bertz CT molecular complexity index is 384. The summed E-state index contributed by atoms with van der Waals surface area (Å²) in [5.74, 6) is 0. The zero-order valence-corrected chi connectivity index (χ0v) is 11.1. The highest BCUT2D eigenvalue weighted by atomic mass is 35.5. The summed E-state index contributed by atoms with van der Waals surface area (Å²) < 4.78 is 5.42. The van der Waals surface area contributed by atoms with E-state index in [9.17, 15) is 0 Å². The van der Waals surface area contributed by atoms with Crippen LogP contribution < -0.4 is 5.32 Å². The lowest BCUT2D eigenvalue weighted by Gasteiger charge is -2.29. The van der Waals surface area contributed by atoms with Crippen LogP contribution in [0.15, 0.2) is 12.3 Å². The predicted octanol–water partition coefficient (Wildman–Crippen LogP) is 3.41. The number of aryl methyl sites for hydroxylation is 1. The van der Waals surface area contributed by atoms with Crippen LogP contribution in [0.5, 0.6) is 0 Å². The molecule has 1 aliphatic carbocycles. The number of hydrogen-bond donors (Lipinski definition) is 1. The number of methoxy groups -OCH3 is 1. The number of anilines is 1. The zero-order chi connectivity index (χ0) is 12.3. The second-order valence-electron chi connectivity index (χ2n) is 4.72. The van der Waals surface area contributed by atoms with Crippen molar-refractivity contribution in [1.82, 2.24) is 4.98 Å². The summed E-state index contributed by atoms with van der Waals surface area (Å²) in [4.78, 5) is 4.16. The van der Waals surface area contributed by atoms with Crippen molar-refractivity contribution < 1.29 is 4.74 Å². The number of halogens is 1. The van der Waals surface area contributed by atoms with E-state index in [1.54, 1.807) is 13.3 Å². The van der Waals surface area contributed by atoms with Gasteiger partial charge in [-0.2, -0.15) is 0 Å². The van der Waals surface area contributed by atoms with Gasteiger partial charge >= 0.3 is 0 Å². The first kappa shape index (κ1) is 12.7. The number of ether oxygens (including phenoxy) is 1. The van der Waals surface area contributed by atoms with Gasteiger partial charge in [-0.3, -0.25) is 0 Å². The smallest absolute Gasteiger partial charge is 0.152 e. The molecule has 2 unspecified atom stereocenters. The average molecular weight is 255 g/mol. The van der Waals surface area contributed by atoms with Crippen molar-refractivity contribution in [3.8, 4) is 0 Å². The highest BCUT2D eigenvalue weighted by Gasteiger charge is 2.22. The Labute approximate surface area is 108 Å². The van der Waals surface area contributed by atoms with Crippen LogP contribution in [0.25, 0.3) is 0 Å². The van der Waals surface area contributed by atoms with Crippen LogP contribution in [-0.4, -0.2) is 24.2 Å². The van der Waals surface area contributed by atoms with E-state index in [0.717, 1.165) is 24.1 Å². The highest BCUT2D eigenvalue weighted by molar-refractivity contribution is 6.31. The summed E-state index contributed by atoms with van der Waals surface area (Å²) in [6, 6.07) is 2.49. The summed E-state index contributed by atoms with van der Waals surface area (Å²) in [6.07, 6.45) is 6.73. The summed E-state index contributed by atoms with van der Waals surface area (Å²) in [5, 5.41) is 4.03. The molecule has 0 bridgehead atoms. The summed E-state index contributed by atoms with van der Waals surface area (Å²) in [5.41, 5.74) is 2.06. The molecule has 0 radical (unpaired) electrons. The van der Waals surface area contributed by atoms with Gasteiger partial charge in [-0.25, -0.2) is 4.98 Å². The van der Waals surface area contributed by atoms with Crippen molar-refractivity contribution in [2.24, 2.45) is 0 Å². The molecule has 2 atom stereocenters. The Morgan fingerprint density at radius 2 is 2.29 bits per heavy atom. The van der Waals surface area contributed by atoms with Crippen LogP contribution in [0.2, 0.25) is 5.15 Å². The lowest BCUT2D eigenvalue weighted by Crippen LogP contribution is -2.31. The largest absolute Gasteiger partial charge is 0.381 e. The second-order valence-corrected chi connectivity index (χ2v) is 5.07. The summed E-state index contributed by atoms with van der Waals surface area (Å²) >= 11 is 6.08. The lowest BCUT2D eigenvalue weighted by molar-refractivity contribution is 0.0669. The maximum absolute atomic E-state index is 6.08. The van der Waals surface area contributed by atoms with Gasteiger partial charge in [0, 0.05) is 19.3 Å². The van der Waals surface area contributed by atoms with Crippen LogP contribution >= 0.6 is 11.6 Å². The monoisotopic (exact) mass is 254 g/mol. The molecule has 0 saturated heterocycles. The Kier molecular flexibility index (Phi) is 4.24. The molecule has 3 nitrogen and oxygen atoms in total. The molecule has 94 valence electrons. The van der Waals surface area contributed by atoms with E-state index in [2.05, 4.69) is 10.3 Å². The average Bonchev–Trinajstić information content (AvgIpc) is 2.34. The fourth-order valence-electron chi connectivity index (χ4n) is 2.36. The third-order valence-electron chi connectivity index (χ3n) is 3.29. The van der Waals surface area contributed by atoms with Gasteiger partial charge in [-0.15, -0.1) is 0 Å². The Morgan fingerprint density at radius 1 is 1.47 bits per heavy atom. The molecule has 1 saturated carbocycles. The van der Waals surface area contributed by atoms with Gasteiger partial charge in [0.15, 0.2) is 5.15 Å². The first-order chi connectivity index (χ1) is 8.19. The van der Waals surface area contributed by atoms with Crippen molar-refractivity contribution in [2.75, 3.05) is 12.4 Å². The summed E-state index contributed by atoms with van der Waals surface area (Å²) in [7, 11) is 1.79. The first-order valence-electron chi connectivity index (χ1n) is 6.10. The van der Waals surface area contributed by atoms with Gasteiger partial charge in [-0.05, 0) is 44.2 Å². The van der Waals surface area contributed by atoms with Crippen LogP contribution in [0, 0.1) is 6.92 Å². The normalized spacial score (nSPS) is 24.6. The number of nitrogens with zero attached hydrogens (tertiary/aromatic N) is 1. The third kappa shape index (κ3) is 3.33. The van der Waals surface area contributed by atoms with E-state index in [1.165, 1.54) is 12.8 Å².